The van der Waals surface area contributed by atoms with Crippen molar-refractivity contribution in [3.63, 3.8) is 0 Å². The molecule has 2 aromatic carbocycles. The number of amides is 2. The van der Waals surface area contributed by atoms with Gasteiger partial charge in [0.15, 0.2) is 5.69 Å². The highest BCUT2D eigenvalue weighted by Crippen LogP contribution is 2.35. The van der Waals surface area contributed by atoms with Crippen LogP contribution in [0.2, 0.25) is 5.02 Å². The minimum Gasteiger partial charge on any atom is -0.496 e. The third-order valence-electron chi connectivity index (χ3n) is 6.17. The zero-order valence-electron chi connectivity index (χ0n) is 20.5. The molecule has 1 aliphatic heterocycles. The molecule has 0 fully saturated rings. The lowest BCUT2D eigenvalue weighted by Gasteiger charge is -2.43. The van der Waals surface area contributed by atoms with E-state index in [0.29, 0.717) is 16.5 Å². The summed E-state index contributed by atoms with van der Waals surface area (Å²) >= 11 is 6.38. The van der Waals surface area contributed by atoms with Gasteiger partial charge in [-0.2, -0.15) is 5.10 Å². The van der Waals surface area contributed by atoms with Crippen molar-refractivity contribution in [1.29, 1.82) is 0 Å². The zero-order valence-corrected chi connectivity index (χ0v) is 21.3. The van der Waals surface area contributed by atoms with E-state index >= 15 is 0 Å². The molecular formula is C26H27ClN4O5. The van der Waals surface area contributed by atoms with Crippen LogP contribution in [0.3, 0.4) is 0 Å². The molecule has 0 bridgehead atoms. The maximum absolute atomic E-state index is 13.8. The van der Waals surface area contributed by atoms with Gasteiger partial charge in [0.2, 0.25) is 5.91 Å². The summed E-state index contributed by atoms with van der Waals surface area (Å²) in [5, 5.41) is 7.67. The summed E-state index contributed by atoms with van der Waals surface area (Å²) in [6.45, 7) is 5.57. The third-order valence-corrected chi connectivity index (χ3v) is 6.58. The number of benzene rings is 2. The SMILES string of the molecule is CCOC(=O)c1cc2n(n1)CC(C)(C(=O)NCc1ccccc1OC)N(c1ccc(C)c(Cl)c1)C2=O. The molecule has 1 aromatic heterocycles. The Bertz CT molecular complexity index is 1340. The summed E-state index contributed by atoms with van der Waals surface area (Å²) in [7, 11) is 1.56. The van der Waals surface area contributed by atoms with Gasteiger partial charge in [-0.05, 0) is 44.5 Å². The van der Waals surface area contributed by atoms with Crippen LogP contribution in [0.25, 0.3) is 0 Å². The number of carbonyl (C=O) groups excluding carboxylic acids is 3. The van der Waals surface area contributed by atoms with Crippen LogP contribution in [0.4, 0.5) is 5.69 Å². The van der Waals surface area contributed by atoms with Gasteiger partial charge in [0.25, 0.3) is 5.91 Å². The molecule has 1 N–H and O–H groups in total. The fourth-order valence-corrected chi connectivity index (χ4v) is 4.40. The Balaban J connectivity index is 1.74. The average molecular weight is 511 g/mol. The molecule has 9 nitrogen and oxygen atoms in total. The van der Waals surface area contributed by atoms with Gasteiger partial charge in [0, 0.05) is 28.9 Å². The quantitative estimate of drug-likeness (QED) is 0.485. The van der Waals surface area contributed by atoms with Gasteiger partial charge in [-0.25, -0.2) is 4.79 Å². The highest BCUT2D eigenvalue weighted by Gasteiger charge is 2.49. The van der Waals surface area contributed by atoms with Crippen LogP contribution in [0.15, 0.2) is 48.5 Å². The minimum atomic E-state index is -1.39. The number of aryl methyl sites for hydroxylation is 1. The Morgan fingerprint density at radius 2 is 1.94 bits per heavy atom. The molecule has 10 heteroatoms. The number of nitrogens with one attached hydrogen (secondary N) is 1. The van der Waals surface area contributed by atoms with E-state index in [9.17, 15) is 14.4 Å². The molecule has 1 unspecified atom stereocenters. The van der Waals surface area contributed by atoms with E-state index in [1.807, 2.05) is 25.1 Å². The lowest BCUT2D eigenvalue weighted by Crippen LogP contribution is -2.64. The number of aromatic nitrogens is 2. The van der Waals surface area contributed by atoms with Gasteiger partial charge in [-0.3, -0.25) is 19.2 Å². The average Bonchev–Trinajstić information content (AvgIpc) is 3.29. The van der Waals surface area contributed by atoms with E-state index in [1.165, 1.54) is 15.6 Å². The molecule has 3 aromatic rings. The number of carbonyl (C=O) groups is 3. The van der Waals surface area contributed by atoms with Gasteiger partial charge in [0.1, 0.15) is 17.0 Å². The summed E-state index contributed by atoms with van der Waals surface area (Å²) in [5.74, 6) is -0.894. The maximum atomic E-state index is 13.8. The van der Waals surface area contributed by atoms with Crippen molar-refractivity contribution >= 4 is 35.1 Å². The second kappa shape index (κ2) is 10.0. The molecule has 2 amide bonds. The van der Waals surface area contributed by atoms with Crippen LogP contribution in [-0.2, 0) is 22.6 Å². The monoisotopic (exact) mass is 510 g/mol. The smallest absolute Gasteiger partial charge is 0.358 e. The largest absolute Gasteiger partial charge is 0.496 e. The highest BCUT2D eigenvalue weighted by atomic mass is 35.5. The molecule has 188 valence electrons. The molecular weight excluding hydrogens is 484 g/mol. The Labute approximate surface area is 213 Å². The van der Waals surface area contributed by atoms with Gasteiger partial charge >= 0.3 is 5.97 Å². The molecule has 0 aliphatic carbocycles. The molecule has 1 atom stereocenters. The van der Waals surface area contributed by atoms with Crippen LogP contribution >= 0.6 is 11.6 Å². The topological polar surface area (TPSA) is 103 Å². The molecule has 2 heterocycles. The number of rotatable bonds is 7. The molecule has 0 spiro atoms. The Morgan fingerprint density at radius 3 is 2.64 bits per heavy atom. The second-order valence-electron chi connectivity index (χ2n) is 8.64. The molecule has 0 radical (unpaired) electrons. The summed E-state index contributed by atoms with van der Waals surface area (Å²) in [6.07, 6.45) is 0. The zero-order chi connectivity index (χ0) is 26.0. The number of anilines is 1. The van der Waals surface area contributed by atoms with Crippen molar-refractivity contribution in [2.24, 2.45) is 0 Å². The van der Waals surface area contributed by atoms with E-state index in [1.54, 1.807) is 45.2 Å². The lowest BCUT2D eigenvalue weighted by atomic mass is 9.93. The summed E-state index contributed by atoms with van der Waals surface area (Å²) in [4.78, 5) is 41.2. The maximum Gasteiger partial charge on any atom is 0.358 e. The van der Waals surface area contributed by atoms with Gasteiger partial charge in [0.05, 0.1) is 20.3 Å². The predicted octanol–water partition coefficient (Wildman–Crippen LogP) is 3.77. The van der Waals surface area contributed by atoms with Crippen molar-refractivity contribution in [3.8, 4) is 5.75 Å². The van der Waals surface area contributed by atoms with Crippen molar-refractivity contribution in [1.82, 2.24) is 15.1 Å². The Morgan fingerprint density at radius 1 is 1.19 bits per heavy atom. The number of hydrogen-bond acceptors (Lipinski definition) is 6. The fraction of sp³-hybridized carbons (Fsp3) is 0.308. The summed E-state index contributed by atoms with van der Waals surface area (Å²) in [6, 6.07) is 13.9. The van der Waals surface area contributed by atoms with Gasteiger partial charge in [-0.1, -0.05) is 35.9 Å². The summed E-state index contributed by atoms with van der Waals surface area (Å²) < 4.78 is 11.8. The predicted molar refractivity (Wildman–Crippen MR) is 134 cm³/mol. The van der Waals surface area contributed by atoms with Crippen LogP contribution in [0.5, 0.6) is 5.75 Å². The molecule has 0 saturated carbocycles. The van der Waals surface area contributed by atoms with Crippen molar-refractivity contribution < 1.29 is 23.9 Å². The first-order chi connectivity index (χ1) is 17.2. The lowest BCUT2D eigenvalue weighted by molar-refractivity contribution is -0.126. The Hall–Kier alpha value is -3.85. The number of para-hydroxylation sites is 1. The van der Waals surface area contributed by atoms with Gasteiger partial charge < -0.3 is 14.8 Å². The number of hydrogen-bond donors (Lipinski definition) is 1. The molecule has 4 rings (SSSR count). The number of ether oxygens (including phenoxy) is 2. The summed E-state index contributed by atoms with van der Waals surface area (Å²) in [5.41, 5.74) is 0.860. The molecule has 36 heavy (non-hydrogen) atoms. The Kier molecular flexibility index (Phi) is 7.03. The fourth-order valence-electron chi connectivity index (χ4n) is 4.23. The first-order valence-corrected chi connectivity index (χ1v) is 11.8. The van der Waals surface area contributed by atoms with Crippen LogP contribution in [0.1, 0.15) is 46.0 Å². The minimum absolute atomic E-state index is 0.000712. The third kappa shape index (κ3) is 4.54. The van der Waals surface area contributed by atoms with Gasteiger partial charge in [-0.15, -0.1) is 0 Å². The number of halogens is 1. The highest BCUT2D eigenvalue weighted by molar-refractivity contribution is 6.31. The second-order valence-corrected chi connectivity index (χ2v) is 9.04. The van der Waals surface area contributed by atoms with E-state index < -0.39 is 23.3 Å². The number of esters is 1. The molecule has 1 aliphatic rings. The number of fused-ring (bicyclic) bond motifs is 1. The van der Waals surface area contributed by atoms with Crippen LogP contribution in [-0.4, -0.2) is 46.8 Å². The molecule has 0 saturated heterocycles. The van der Waals surface area contributed by atoms with Crippen molar-refractivity contribution in [2.75, 3.05) is 18.6 Å². The van der Waals surface area contributed by atoms with E-state index in [0.717, 1.165) is 11.1 Å². The standard InChI is InChI=1S/C26H27ClN4O5/c1-5-36-24(33)20-13-21-23(32)31(18-11-10-16(2)19(27)12-18)26(3,15-30(21)29-20)25(34)28-14-17-8-6-7-9-22(17)35-4/h6-13H,5,14-15H2,1-4H3,(H,28,34). The number of methoxy groups -OCH3 is 1. The number of nitrogens with zero attached hydrogens (tertiary/aromatic N) is 3. The van der Waals surface area contributed by atoms with Crippen LogP contribution in [0, 0.1) is 6.92 Å². The van der Waals surface area contributed by atoms with E-state index in [-0.39, 0.29) is 31.1 Å². The van der Waals surface area contributed by atoms with Crippen molar-refractivity contribution in [2.45, 2.75) is 39.4 Å². The van der Waals surface area contributed by atoms with Crippen LogP contribution < -0.4 is 15.0 Å². The van der Waals surface area contributed by atoms with E-state index in [2.05, 4.69) is 10.4 Å². The normalized spacial score (nSPS) is 16.9. The van der Waals surface area contributed by atoms with Crippen molar-refractivity contribution in [3.05, 3.63) is 76.1 Å². The van der Waals surface area contributed by atoms with E-state index in [4.69, 9.17) is 21.1 Å². The first kappa shape index (κ1) is 25.2. The first-order valence-electron chi connectivity index (χ1n) is 11.5.